The summed E-state index contributed by atoms with van der Waals surface area (Å²) in [5.74, 6) is 0.820. The maximum absolute atomic E-state index is 10.8. The van der Waals surface area contributed by atoms with Crippen molar-refractivity contribution in [3.63, 3.8) is 0 Å². The SMILES string of the molecule is CN1CCN(c2ccc([N+](=O)[O-])cc2)CC1CC1CCNCC1. The van der Waals surface area contributed by atoms with E-state index in [1.807, 2.05) is 12.1 Å². The summed E-state index contributed by atoms with van der Waals surface area (Å²) < 4.78 is 0. The van der Waals surface area contributed by atoms with E-state index in [0.717, 1.165) is 44.3 Å². The minimum absolute atomic E-state index is 0.161. The molecule has 0 amide bonds. The zero-order valence-corrected chi connectivity index (χ0v) is 13.8. The molecule has 2 aliphatic heterocycles. The summed E-state index contributed by atoms with van der Waals surface area (Å²) in [6, 6.07) is 7.54. The average Bonchev–Trinajstić information content (AvgIpc) is 2.58. The number of piperazine rings is 1. The van der Waals surface area contributed by atoms with Gasteiger partial charge < -0.3 is 10.2 Å². The van der Waals surface area contributed by atoms with Crippen LogP contribution in [0.15, 0.2) is 24.3 Å². The number of nitro groups is 1. The van der Waals surface area contributed by atoms with E-state index in [4.69, 9.17) is 0 Å². The predicted octanol–water partition coefficient (Wildman–Crippen LogP) is 2.10. The number of nitro benzene ring substituents is 1. The zero-order valence-electron chi connectivity index (χ0n) is 13.8. The molecule has 6 nitrogen and oxygen atoms in total. The van der Waals surface area contributed by atoms with E-state index in [2.05, 4.69) is 22.2 Å². The topological polar surface area (TPSA) is 61.7 Å². The van der Waals surface area contributed by atoms with Gasteiger partial charge in [-0.2, -0.15) is 0 Å². The molecule has 23 heavy (non-hydrogen) atoms. The van der Waals surface area contributed by atoms with Gasteiger partial charge in [0.25, 0.3) is 5.69 Å². The molecule has 6 heteroatoms. The van der Waals surface area contributed by atoms with Crippen LogP contribution in [0, 0.1) is 16.0 Å². The zero-order chi connectivity index (χ0) is 16.2. The number of hydrogen-bond donors (Lipinski definition) is 1. The van der Waals surface area contributed by atoms with Crippen molar-refractivity contribution in [1.82, 2.24) is 10.2 Å². The maximum atomic E-state index is 10.8. The predicted molar refractivity (Wildman–Crippen MR) is 91.9 cm³/mol. The summed E-state index contributed by atoms with van der Waals surface area (Å²) in [5, 5.41) is 14.2. The van der Waals surface area contributed by atoms with E-state index in [9.17, 15) is 10.1 Å². The van der Waals surface area contributed by atoms with Crippen molar-refractivity contribution in [2.24, 2.45) is 5.92 Å². The van der Waals surface area contributed by atoms with Crippen LogP contribution in [0.2, 0.25) is 0 Å². The van der Waals surface area contributed by atoms with Crippen LogP contribution in [0.5, 0.6) is 0 Å². The van der Waals surface area contributed by atoms with Gasteiger partial charge in [-0.25, -0.2) is 0 Å². The van der Waals surface area contributed by atoms with Gasteiger partial charge in [-0.1, -0.05) is 0 Å². The molecule has 2 heterocycles. The molecule has 1 unspecified atom stereocenters. The van der Waals surface area contributed by atoms with Gasteiger partial charge in [0.1, 0.15) is 0 Å². The molecule has 0 aromatic heterocycles. The fourth-order valence-electron chi connectivity index (χ4n) is 3.72. The third-order valence-electron chi connectivity index (χ3n) is 5.27. The number of rotatable bonds is 4. The van der Waals surface area contributed by atoms with Crippen LogP contribution >= 0.6 is 0 Å². The van der Waals surface area contributed by atoms with E-state index in [0.29, 0.717) is 6.04 Å². The molecule has 0 radical (unpaired) electrons. The Hall–Kier alpha value is -1.66. The Balaban J connectivity index is 1.63. The Morgan fingerprint density at radius 1 is 1.22 bits per heavy atom. The van der Waals surface area contributed by atoms with Gasteiger partial charge in [0.15, 0.2) is 0 Å². The van der Waals surface area contributed by atoms with Gasteiger partial charge in [0, 0.05) is 43.5 Å². The third-order valence-corrected chi connectivity index (χ3v) is 5.27. The molecule has 2 aliphatic rings. The monoisotopic (exact) mass is 318 g/mol. The Labute approximate surface area is 137 Å². The first-order valence-corrected chi connectivity index (χ1v) is 8.54. The van der Waals surface area contributed by atoms with E-state index >= 15 is 0 Å². The normalized spacial score (nSPS) is 23.9. The minimum Gasteiger partial charge on any atom is -0.369 e. The summed E-state index contributed by atoms with van der Waals surface area (Å²) >= 11 is 0. The van der Waals surface area contributed by atoms with E-state index in [1.165, 1.54) is 19.3 Å². The summed E-state index contributed by atoms with van der Waals surface area (Å²) in [6.45, 7) is 5.34. The van der Waals surface area contributed by atoms with Crippen LogP contribution in [0.25, 0.3) is 0 Å². The highest BCUT2D eigenvalue weighted by molar-refractivity contribution is 5.51. The Kier molecular flexibility index (Phi) is 5.13. The number of anilines is 1. The molecule has 0 bridgehead atoms. The number of benzene rings is 1. The summed E-state index contributed by atoms with van der Waals surface area (Å²) in [7, 11) is 2.22. The third kappa shape index (κ3) is 4.00. The lowest BCUT2D eigenvalue weighted by atomic mass is 9.89. The van der Waals surface area contributed by atoms with Crippen LogP contribution in [0.3, 0.4) is 0 Å². The second-order valence-electron chi connectivity index (χ2n) is 6.78. The Morgan fingerprint density at radius 3 is 2.57 bits per heavy atom. The van der Waals surface area contributed by atoms with E-state index in [1.54, 1.807) is 12.1 Å². The van der Waals surface area contributed by atoms with Crippen molar-refractivity contribution in [2.75, 3.05) is 44.7 Å². The van der Waals surface area contributed by atoms with Gasteiger partial charge in [-0.3, -0.25) is 15.0 Å². The van der Waals surface area contributed by atoms with Gasteiger partial charge >= 0.3 is 0 Å². The molecule has 1 atom stereocenters. The molecule has 0 saturated carbocycles. The number of likely N-dealkylation sites (N-methyl/N-ethyl adjacent to an activating group) is 1. The largest absolute Gasteiger partial charge is 0.369 e. The van der Waals surface area contributed by atoms with Crippen LogP contribution in [-0.2, 0) is 0 Å². The molecule has 2 saturated heterocycles. The lowest BCUT2D eigenvalue weighted by Gasteiger charge is -2.42. The first-order valence-electron chi connectivity index (χ1n) is 8.54. The number of nitrogens with zero attached hydrogens (tertiary/aromatic N) is 3. The van der Waals surface area contributed by atoms with Crippen LogP contribution in [0.4, 0.5) is 11.4 Å². The van der Waals surface area contributed by atoms with Crippen molar-refractivity contribution >= 4 is 11.4 Å². The molecule has 1 N–H and O–H groups in total. The van der Waals surface area contributed by atoms with Crippen molar-refractivity contribution in [3.05, 3.63) is 34.4 Å². The lowest BCUT2D eigenvalue weighted by molar-refractivity contribution is -0.384. The highest BCUT2D eigenvalue weighted by atomic mass is 16.6. The highest BCUT2D eigenvalue weighted by Crippen LogP contribution is 2.26. The van der Waals surface area contributed by atoms with Crippen molar-refractivity contribution in [3.8, 4) is 0 Å². The number of hydrogen-bond acceptors (Lipinski definition) is 5. The Bertz CT molecular complexity index is 528. The lowest BCUT2D eigenvalue weighted by Crippen LogP contribution is -2.52. The molecular formula is C17H26N4O2. The minimum atomic E-state index is -0.340. The number of piperidine rings is 1. The highest BCUT2D eigenvalue weighted by Gasteiger charge is 2.27. The molecule has 126 valence electrons. The van der Waals surface area contributed by atoms with Crippen LogP contribution in [-0.4, -0.2) is 55.6 Å². The first-order chi connectivity index (χ1) is 11.1. The molecule has 1 aromatic rings. The quantitative estimate of drug-likeness (QED) is 0.680. The second kappa shape index (κ2) is 7.27. The smallest absolute Gasteiger partial charge is 0.269 e. The second-order valence-corrected chi connectivity index (χ2v) is 6.78. The van der Waals surface area contributed by atoms with Crippen LogP contribution < -0.4 is 10.2 Å². The summed E-state index contributed by atoms with van der Waals surface area (Å²) in [6.07, 6.45) is 3.81. The van der Waals surface area contributed by atoms with Crippen LogP contribution in [0.1, 0.15) is 19.3 Å². The summed E-state index contributed by atoms with van der Waals surface area (Å²) in [4.78, 5) is 15.3. The molecule has 3 rings (SSSR count). The van der Waals surface area contributed by atoms with Gasteiger partial charge in [0.2, 0.25) is 0 Å². The van der Waals surface area contributed by atoms with Gasteiger partial charge in [0.05, 0.1) is 4.92 Å². The maximum Gasteiger partial charge on any atom is 0.269 e. The molecule has 0 aliphatic carbocycles. The number of non-ortho nitro benzene ring substituents is 1. The van der Waals surface area contributed by atoms with Gasteiger partial charge in [-0.05, 0) is 57.5 Å². The average molecular weight is 318 g/mol. The van der Waals surface area contributed by atoms with E-state index < -0.39 is 0 Å². The molecule has 0 spiro atoms. The Morgan fingerprint density at radius 2 is 1.91 bits per heavy atom. The summed E-state index contributed by atoms with van der Waals surface area (Å²) in [5.41, 5.74) is 1.26. The molecule has 1 aromatic carbocycles. The van der Waals surface area contributed by atoms with Crippen molar-refractivity contribution in [1.29, 1.82) is 0 Å². The van der Waals surface area contributed by atoms with Crippen molar-refractivity contribution < 1.29 is 4.92 Å². The molecular weight excluding hydrogens is 292 g/mol. The fourth-order valence-corrected chi connectivity index (χ4v) is 3.72. The number of nitrogens with one attached hydrogen (secondary N) is 1. The van der Waals surface area contributed by atoms with E-state index in [-0.39, 0.29) is 10.6 Å². The van der Waals surface area contributed by atoms with Gasteiger partial charge in [-0.15, -0.1) is 0 Å². The standard InChI is InChI=1S/C17H26N4O2/c1-19-10-11-20(15-2-4-16(5-3-15)21(22)23)13-17(19)12-14-6-8-18-9-7-14/h2-5,14,17-18H,6-13H2,1H3. The fraction of sp³-hybridized carbons (Fsp3) is 0.647. The molecule has 2 fully saturated rings. The van der Waals surface area contributed by atoms with Crippen molar-refractivity contribution in [2.45, 2.75) is 25.3 Å². The first kappa shape index (κ1) is 16.2.